The lowest BCUT2D eigenvalue weighted by molar-refractivity contribution is -0.130. The van der Waals surface area contributed by atoms with Gasteiger partial charge in [-0.1, -0.05) is 38.1 Å². The maximum absolute atomic E-state index is 12.8. The molecule has 3 rings (SSSR count). The van der Waals surface area contributed by atoms with E-state index in [2.05, 4.69) is 55.3 Å². The summed E-state index contributed by atoms with van der Waals surface area (Å²) in [6.07, 6.45) is 3.53. The van der Waals surface area contributed by atoms with Crippen molar-refractivity contribution in [3.05, 3.63) is 35.4 Å². The summed E-state index contributed by atoms with van der Waals surface area (Å²) >= 11 is 0. The molecule has 1 amide bonds. The van der Waals surface area contributed by atoms with Gasteiger partial charge >= 0.3 is 0 Å². The fourth-order valence-electron chi connectivity index (χ4n) is 3.24. The predicted octanol–water partition coefficient (Wildman–Crippen LogP) is 3.25. The lowest BCUT2D eigenvalue weighted by Gasteiger charge is -2.25. The molecule has 3 nitrogen and oxygen atoms in total. The van der Waals surface area contributed by atoms with Crippen molar-refractivity contribution in [3.8, 4) is 0 Å². The zero-order chi connectivity index (χ0) is 15.0. The summed E-state index contributed by atoms with van der Waals surface area (Å²) in [6, 6.07) is 8.39. The Kier molecular flexibility index (Phi) is 4.03. The molecule has 21 heavy (non-hydrogen) atoms. The smallest absolute Gasteiger partial charge is 0.241 e. The molecule has 1 N–H and O–H groups in total. The molecule has 3 heteroatoms. The van der Waals surface area contributed by atoms with Crippen LogP contribution in [0.5, 0.6) is 0 Å². The molecule has 1 aromatic rings. The number of carbonyl (C=O) groups is 1. The van der Waals surface area contributed by atoms with E-state index in [4.69, 9.17) is 0 Å². The molecule has 2 atom stereocenters. The van der Waals surface area contributed by atoms with Crippen molar-refractivity contribution in [2.24, 2.45) is 11.8 Å². The van der Waals surface area contributed by atoms with Gasteiger partial charge in [0.1, 0.15) is 6.17 Å². The summed E-state index contributed by atoms with van der Waals surface area (Å²) in [4.78, 5) is 14.9. The van der Waals surface area contributed by atoms with Gasteiger partial charge in [0.15, 0.2) is 0 Å². The van der Waals surface area contributed by atoms with Gasteiger partial charge in [0.2, 0.25) is 5.91 Å². The fourth-order valence-corrected chi connectivity index (χ4v) is 3.24. The van der Waals surface area contributed by atoms with Gasteiger partial charge in [-0.05, 0) is 49.1 Å². The Morgan fingerprint density at radius 2 is 2.00 bits per heavy atom. The molecule has 1 saturated heterocycles. The van der Waals surface area contributed by atoms with Gasteiger partial charge in [-0.3, -0.25) is 10.1 Å². The summed E-state index contributed by atoms with van der Waals surface area (Å²) in [5.74, 6) is 1.55. The highest BCUT2D eigenvalue weighted by molar-refractivity contribution is 5.84. The highest BCUT2D eigenvalue weighted by Gasteiger charge is 2.42. The molecule has 1 aliphatic heterocycles. The van der Waals surface area contributed by atoms with E-state index < -0.39 is 0 Å². The molecule has 0 bridgehead atoms. The zero-order valence-corrected chi connectivity index (χ0v) is 13.3. The van der Waals surface area contributed by atoms with Crippen molar-refractivity contribution in [1.29, 1.82) is 0 Å². The van der Waals surface area contributed by atoms with Crippen LogP contribution in [0.1, 0.15) is 50.4 Å². The molecule has 0 radical (unpaired) electrons. The first-order valence-electron chi connectivity index (χ1n) is 8.18. The number of hydrogen-bond donors (Lipinski definition) is 1. The van der Waals surface area contributed by atoms with Crippen molar-refractivity contribution in [1.82, 2.24) is 10.2 Å². The lowest BCUT2D eigenvalue weighted by Crippen LogP contribution is -2.33. The van der Waals surface area contributed by atoms with Crippen LogP contribution in [0.2, 0.25) is 0 Å². The molecule has 1 aliphatic carbocycles. The Morgan fingerprint density at radius 3 is 2.62 bits per heavy atom. The molecule has 1 heterocycles. The Morgan fingerprint density at radius 1 is 1.29 bits per heavy atom. The minimum atomic E-state index is -0.0200. The summed E-state index contributed by atoms with van der Waals surface area (Å²) < 4.78 is 0. The van der Waals surface area contributed by atoms with Gasteiger partial charge in [-0.15, -0.1) is 0 Å². The van der Waals surface area contributed by atoms with Gasteiger partial charge < -0.3 is 4.90 Å². The third-order valence-electron chi connectivity index (χ3n) is 4.59. The van der Waals surface area contributed by atoms with Gasteiger partial charge in [-0.2, -0.15) is 0 Å². The van der Waals surface area contributed by atoms with Crippen molar-refractivity contribution < 1.29 is 4.79 Å². The van der Waals surface area contributed by atoms with E-state index in [9.17, 15) is 4.79 Å². The molecular weight excluding hydrogens is 260 g/mol. The quantitative estimate of drug-likeness (QED) is 0.901. The first-order valence-corrected chi connectivity index (χ1v) is 8.18. The maximum Gasteiger partial charge on any atom is 0.241 e. The second-order valence-corrected chi connectivity index (χ2v) is 7.04. The molecule has 2 unspecified atom stereocenters. The van der Waals surface area contributed by atoms with Crippen LogP contribution in [0.25, 0.3) is 0 Å². The average Bonchev–Trinajstić information content (AvgIpc) is 3.20. The van der Waals surface area contributed by atoms with Crippen LogP contribution in [0.4, 0.5) is 0 Å². The molecule has 1 saturated carbocycles. The first kappa shape index (κ1) is 14.6. The van der Waals surface area contributed by atoms with Crippen molar-refractivity contribution in [2.45, 2.75) is 52.2 Å². The summed E-state index contributed by atoms with van der Waals surface area (Å²) in [7, 11) is 0. The van der Waals surface area contributed by atoms with E-state index in [0.29, 0.717) is 11.8 Å². The predicted molar refractivity (Wildman–Crippen MR) is 84.7 cm³/mol. The van der Waals surface area contributed by atoms with Crippen LogP contribution in [-0.4, -0.2) is 23.4 Å². The molecule has 2 aliphatic rings. The first-order chi connectivity index (χ1) is 10.1. The van der Waals surface area contributed by atoms with Gasteiger partial charge in [0.05, 0.1) is 6.04 Å². The molecule has 1 aromatic carbocycles. The second kappa shape index (κ2) is 5.80. The van der Waals surface area contributed by atoms with E-state index in [-0.39, 0.29) is 12.2 Å². The van der Waals surface area contributed by atoms with Crippen molar-refractivity contribution >= 4 is 5.91 Å². The third-order valence-corrected chi connectivity index (χ3v) is 4.59. The van der Waals surface area contributed by atoms with E-state index in [1.165, 1.54) is 24.0 Å². The number of benzene rings is 1. The second-order valence-electron chi connectivity index (χ2n) is 7.04. The molecular formula is C18H26N2O. The van der Waals surface area contributed by atoms with E-state index in [1.807, 2.05) is 0 Å². The molecule has 114 valence electrons. The van der Waals surface area contributed by atoms with Gasteiger partial charge in [0.25, 0.3) is 0 Å². The maximum atomic E-state index is 12.8. The normalized spacial score (nSPS) is 25.9. The Bertz CT molecular complexity index is 522. The number of nitrogens with one attached hydrogen (secondary N) is 1. The van der Waals surface area contributed by atoms with Crippen LogP contribution >= 0.6 is 0 Å². The zero-order valence-electron chi connectivity index (χ0n) is 13.3. The monoisotopic (exact) mass is 286 g/mol. The Labute approximate surface area is 127 Å². The molecule has 0 aromatic heterocycles. The SMILES string of the molecule is Cc1ccccc1C1NC(CC(C)C)C(=O)N1CC1CC1. The van der Waals surface area contributed by atoms with Crippen LogP contribution in [0.3, 0.4) is 0 Å². The topological polar surface area (TPSA) is 32.3 Å². The highest BCUT2D eigenvalue weighted by atomic mass is 16.2. The Balaban J connectivity index is 1.85. The number of nitrogens with zero attached hydrogens (tertiary/aromatic N) is 1. The summed E-state index contributed by atoms with van der Waals surface area (Å²) in [5, 5.41) is 3.59. The third kappa shape index (κ3) is 3.13. The number of carbonyl (C=O) groups excluding carboxylic acids is 1. The average molecular weight is 286 g/mol. The van der Waals surface area contributed by atoms with Gasteiger partial charge in [0, 0.05) is 6.54 Å². The molecule has 2 fully saturated rings. The summed E-state index contributed by atoms with van der Waals surface area (Å²) in [5.41, 5.74) is 2.51. The van der Waals surface area contributed by atoms with Crippen LogP contribution < -0.4 is 5.32 Å². The Hall–Kier alpha value is -1.35. The highest BCUT2D eigenvalue weighted by Crippen LogP contribution is 2.36. The van der Waals surface area contributed by atoms with Gasteiger partial charge in [-0.25, -0.2) is 0 Å². The minimum Gasteiger partial charge on any atom is -0.321 e. The van der Waals surface area contributed by atoms with E-state index in [1.54, 1.807) is 0 Å². The standard InChI is InChI=1S/C18H26N2O/c1-12(2)10-16-18(21)20(11-14-8-9-14)17(19-16)15-7-5-4-6-13(15)3/h4-7,12,14,16-17,19H,8-11H2,1-3H3. The van der Waals surface area contributed by atoms with Crippen molar-refractivity contribution in [3.63, 3.8) is 0 Å². The van der Waals surface area contributed by atoms with E-state index in [0.717, 1.165) is 18.9 Å². The van der Waals surface area contributed by atoms with Crippen LogP contribution in [-0.2, 0) is 4.79 Å². The van der Waals surface area contributed by atoms with Crippen LogP contribution in [0, 0.1) is 18.8 Å². The largest absolute Gasteiger partial charge is 0.321 e. The number of rotatable bonds is 5. The molecule has 0 spiro atoms. The number of hydrogen-bond acceptors (Lipinski definition) is 2. The summed E-state index contributed by atoms with van der Waals surface area (Å²) in [6.45, 7) is 7.41. The van der Waals surface area contributed by atoms with E-state index >= 15 is 0 Å². The minimum absolute atomic E-state index is 0.0200. The number of amides is 1. The number of aryl methyl sites for hydroxylation is 1. The van der Waals surface area contributed by atoms with Crippen LogP contribution in [0.15, 0.2) is 24.3 Å². The fraction of sp³-hybridized carbons (Fsp3) is 0.611. The lowest BCUT2D eigenvalue weighted by atomic mass is 10.0. The van der Waals surface area contributed by atoms with Crippen molar-refractivity contribution in [2.75, 3.05) is 6.54 Å².